The van der Waals surface area contributed by atoms with Crippen molar-refractivity contribution < 1.29 is 14.4 Å². The standard InChI is InChI=1S/C24H16ClN5O3/c25-19-20(22(32)18-4-2-1-3-17(18)21(19)31)26-10-13-5-7-14(8-6-13)24(33)29-16-9-15-11-28-30-23(15)27-12-16/h1-9,11-12,26H,10H2,(H,29,33)(H,27,28,30). The summed E-state index contributed by atoms with van der Waals surface area (Å²) in [4.78, 5) is 42.0. The average Bonchev–Trinajstić information content (AvgIpc) is 3.31. The maximum Gasteiger partial charge on any atom is 0.255 e. The van der Waals surface area contributed by atoms with Crippen molar-refractivity contribution in [3.63, 3.8) is 0 Å². The molecule has 1 aliphatic carbocycles. The fraction of sp³-hybridized carbons (Fsp3) is 0.0417. The number of amides is 1. The van der Waals surface area contributed by atoms with Gasteiger partial charge in [-0.1, -0.05) is 48.0 Å². The second-order valence-electron chi connectivity index (χ2n) is 7.43. The Balaban J connectivity index is 1.26. The van der Waals surface area contributed by atoms with E-state index in [0.29, 0.717) is 28.0 Å². The van der Waals surface area contributed by atoms with Crippen LogP contribution >= 0.6 is 11.6 Å². The predicted octanol–water partition coefficient (Wildman–Crippen LogP) is 3.83. The summed E-state index contributed by atoms with van der Waals surface area (Å²) in [6, 6.07) is 15.2. The number of allylic oxidation sites excluding steroid dienone is 2. The van der Waals surface area contributed by atoms with Gasteiger partial charge < -0.3 is 10.6 Å². The smallest absolute Gasteiger partial charge is 0.255 e. The van der Waals surface area contributed by atoms with Crippen molar-refractivity contribution in [2.24, 2.45) is 0 Å². The number of carbonyl (C=O) groups is 3. The molecule has 0 aliphatic heterocycles. The van der Waals surface area contributed by atoms with Gasteiger partial charge in [0.2, 0.25) is 11.6 Å². The van der Waals surface area contributed by atoms with Gasteiger partial charge in [0.1, 0.15) is 10.7 Å². The van der Waals surface area contributed by atoms with E-state index in [-0.39, 0.29) is 34.7 Å². The van der Waals surface area contributed by atoms with Gasteiger partial charge in [0, 0.05) is 28.6 Å². The van der Waals surface area contributed by atoms with Crippen molar-refractivity contribution in [2.45, 2.75) is 6.54 Å². The predicted molar refractivity (Wildman–Crippen MR) is 123 cm³/mol. The molecule has 3 N–H and O–H groups in total. The van der Waals surface area contributed by atoms with Crippen molar-refractivity contribution in [2.75, 3.05) is 5.32 Å². The van der Waals surface area contributed by atoms with Gasteiger partial charge in [-0.3, -0.25) is 19.5 Å². The molecule has 2 aromatic carbocycles. The van der Waals surface area contributed by atoms with Crippen LogP contribution < -0.4 is 10.6 Å². The summed E-state index contributed by atoms with van der Waals surface area (Å²) >= 11 is 6.18. The molecule has 0 radical (unpaired) electrons. The molecule has 0 atom stereocenters. The number of aromatic amines is 1. The Hall–Kier alpha value is -4.30. The summed E-state index contributed by atoms with van der Waals surface area (Å²) in [6.45, 7) is 0.260. The van der Waals surface area contributed by atoms with Crippen LogP contribution in [-0.4, -0.2) is 32.7 Å². The number of halogens is 1. The molecule has 162 valence electrons. The summed E-state index contributed by atoms with van der Waals surface area (Å²) < 4.78 is 0. The van der Waals surface area contributed by atoms with E-state index in [9.17, 15) is 14.4 Å². The molecule has 2 heterocycles. The molecule has 33 heavy (non-hydrogen) atoms. The summed E-state index contributed by atoms with van der Waals surface area (Å²) in [7, 11) is 0. The lowest BCUT2D eigenvalue weighted by Crippen LogP contribution is -2.28. The van der Waals surface area contributed by atoms with Crippen molar-refractivity contribution in [3.8, 4) is 0 Å². The van der Waals surface area contributed by atoms with E-state index in [0.717, 1.165) is 10.9 Å². The minimum atomic E-state index is -0.385. The number of ketones is 2. The van der Waals surface area contributed by atoms with Gasteiger partial charge in [-0.05, 0) is 23.8 Å². The number of anilines is 1. The third-order valence-corrected chi connectivity index (χ3v) is 5.66. The Labute approximate surface area is 192 Å². The SMILES string of the molecule is O=C(Nc1cnc2[nH]ncc2c1)c1ccc(CNC2=C(Cl)C(=O)c3ccccc3C2=O)cc1. The van der Waals surface area contributed by atoms with E-state index in [1.165, 1.54) is 0 Å². The van der Waals surface area contributed by atoms with Crippen molar-refractivity contribution in [1.82, 2.24) is 20.5 Å². The normalized spacial score (nSPS) is 13.2. The molecule has 8 nitrogen and oxygen atoms in total. The minimum Gasteiger partial charge on any atom is -0.376 e. The lowest BCUT2D eigenvalue weighted by atomic mass is 9.92. The maximum atomic E-state index is 12.8. The first kappa shape index (κ1) is 20.6. The molecule has 1 aliphatic rings. The van der Waals surface area contributed by atoms with Gasteiger partial charge in [0.05, 0.1) is 18.1 Å². The molecule has 4 aromatic rings. The van der Waals surface area contributed by atoms with Gasteiger partial charge in [0.25, 0.3) is 5.91 Å². The van der Waals surface area contributed by atoms with Gasteiger partial charge in [-0.25, -0.2) is 4.98 Å². The highest BCUT2D eigenvalue weighted by molar-refractivity contribution is 6.49. The van der Waals surface area contributed by atoms with E-state index in [2.05, 4.69) is 25.8 Å². The molecule has 0 spiro atoms. The molecule has 1 amide bonds. The fourth-order valence-electron chi connectivity index (χ4n) is 3.58. The lowest BCUT2D eigenvalue weighted by Gasteiger charge is -2.19. The third-order valence-electron chi connectivity index (χ3n) is 5.30. The maximum absolute atomic E-state index is 12.8. The number of carbonyl (C=O) groups excluding carboxylic acids is 3. The van der Waals surface area contributed by atoms with E-state index < -0.39 is 0 Å². The summed E-state index contributed by atoms with van der Waals surface area (Å²) in [5.41, 5.74) is 3.17. The Morgan fingerprint density at radius 2 is 1.70 bits per heavy atom. The Morgan fingerprint density at radius 1 is 0.970 bits per heavy atom. The van der Waals surface area contributed by atoms with E-state index in [1.807, 2.05) is 0 Å². The molecule has 0 saturated heterocycles. The van der Waals surface area contributed by atoms with E-state index in [1.54, 1.807) is 67.0 Å². The van der Waals surface area contributed by atoms with Crippen LogP contribution in [0, 0.1) is 0 Å². The molecular weight excluding hydrogens is 442 g/mol. The molecule has 9 heteroatoms. The Kier molecular flexibility index (Phi) is 5.20. The number of fused-ring (bicyclic) bond motifs is 2. The van der Waals surface area contributed by atoms with Crippen molar-refractivity contribution >= 4 is 45.8 Å². The second-order valence-corrected chi connectivity index (χ2v) is 7.81. The molecule has 0 saturated carbocycles. The van der Waals surface area contributed by atoms with Crippen LogP contribution in [0.25, 0.3) is 11.0 Å². The fourth-order valence-corrected chi connectivity index (χ4v) is 3.83. The molecule has 0 bridgehead atoms. The number of hydrogen-bond donors (Lipinski definition) is 3. The van der Waals surface area contributed by atoms with Crippen LogP contribution in [-0.2, 0) is 6.54 Å². The number of hydrogen-bond acceptors (Lipinski definition) is 6. The number of pyridine rings is 1. The van der Waals surface area contributed by atoms with Crippen LogP contribution in [0.2, 0.25) is 0 Å². The summed E-state index contributed by atoms with van der Waals surface area (Å²) in [5.74, 6) is -0.992. The number of nitrogens with zero attached hydrogens (tertiary/aromatic N) is 2. The summed E-state index contributed by atoms with van der Waals surface area (Å²) in [6.07, 6.45) is 3.18. The minimum absolute atomic E-state index is 0.0734. The zero-order valence-electron chi connectivity index (χ0n) is 17.1. The number of Topliss-reactive ketones (excluding diaryl/α,β-unsaturated/α-hetero) is 2. The number of aromatic nitrogens is 3. The molecule has 0 unspecified atom stereocenters. The number of benzene rings is 2. The van der Waals surface area contributed by atoms with Gasteiger partial charge in [0.15, 0.2) is 5.65 Å². The van der Waals surface area contributed by atoms with Gasteiger partial charge in [-0.15, -0.1) is 0 Å². The van der Waals surface area contributed by atoms with Crippen LogP contribution in [0.4, 0.5) is 5.69 Å². The van der Waals surface area contributed by atoms with Gasteiger partial charge in [-0.2, -0.15) is 5.10 Å². The molecule has 0 fully saturated rings. The second kappa shape index (κ2) is 8.33. The average molecular weight is 458 g/mol. The number of H-pyrrole nitrogens is 1. The van der Waals surface area contributed by atoms with Crippen LogP contribution in [0.3, 0.4) is 0 Å². The first-order valence-electron chi connectivity index (χ1n) is 10.0. The lowest BCUT2D eigenvalue weighted by molar-refractivity contribution is 0.0974. The summed E-state index contributed by atoms with van der Waals surface area (Å²) in [5, 5.41) is 13.1. The van der Waals surface area contributed by atoms with Crippen LogP contribution in [0.5, 0.6) is 0 Å². The highest BCUT2D eigenvalue weighted by Gasteiger charge is 2.30. The monoisotopic (exact) mass is 457 g/mol. The highest BCUT2D eigenvalue weighted by atomic mass is 35.5. The highest BCUT2D eigenvalue weighted by Crippen LogP contribution is 2.27. The number of rotatable bonds is 5. The van der Waals surface area contributed by atoms with Crippen molar-refractivity contribution in [3.05, 3.63) is 100.0 Å². The third kappa shape index (κ3) is 3.88. The molecular formula is C24H16ClN5O3. The zero-order valence-corrected chi connectivity index (χ0v) is 17.8. The van der Waals surface area contributed by atoms with Crippen LogP contribution in [0.15, 0.2) is 77.7 Å². The van der Waals surface area contributed by atoms with Crippen LogP contribution in [0.1, 0.15) is 36.6 Å². The molecule has 2 aromatic heterocycles. The molecule has 5 rings (SSSR count). The first-order valence-corrected chi connectivity index (χ1v) is 10.4. The van der Waals surface area contributed by atoms with Gasteiger partial charge >= 0.3 is 0 Å². The quantitative estimate of drug-likeness (QED) is 0.419. The topological polar surface area (TPSA) is 117 Å². The van der Waals surface area contributed by atoms with E-state index in [4.69, 9.17) is 11.6 Å². The Morgan fingerprint density at radius 3 is 2.45 bits per heavy atom. The van der Waals surface area contributed by atoms with E-state index >= 15 is 0 Å². The van der Waals surface area contributed by atoms with Crippen molar-refractivity contribution in [1.29, 1.82) is 0 Å². The Bertz CT molecular complexity index is 1460. The first-order chi connectivity index (χ1) is 16.0. The number of nitrogens with one attached hydrogen (secondary N) is 3. The largest absolute Gasteiger partial charge is 0.376 e. The zero-order chi connectivity index (χ0) is 22.9.